The zero-order valence-electron chi connectivity index (χ0n) is 12.7. The Balaban J connectivity index is 1.71. The molecule has 0 spiro atoms. The van der Waals surface area contributed by atoms with Crippen molar-refractivity contribution in [3.63, 3.8) is 0 Å². The van der Waals surface area contributed by atoms with Gasteiger partial charge >= 0.3 is 0 Å². The van der Waals surface area contributed by atoms with Crippen LogP contribution in [0.3, 0.4) is 0 Å². The van der Waals surface area contributed by atoms with Crippen LogP contribution in [0.25, 0.3) is 0 Å². The molecule has 0 heterocycles. The van der Waals surface area contributed by atoms with E-state index in [2.05, 4.69) is 48.3 Å². The van der Waals surface area contributed by atoms with Crippen molar-refractivity contribution < 1.29 is 4.74 Å². The molecule has 21 heavy (non-hydrogen) atoms. The molecule has 112 valence electrons. The van der Waals surface area contributed by atoms with E-state index < -0.39 is 0 Å². The maximum absolute atomic E-state index is 5.77. The van der Waals surface area contributed by atoms with Crippen LogP contribution in [0.15, 0.2) is 54.6 Å². The molecule has 3 nitrogen and oxygen atoms in total. The minimum atomic E-state index is 0.685. The minimum Gasteiger partial charge on any atom is -0.492 e. The fraction of sp³-hybridized carbons (Fsp3) is 0.333. The molecule has 0 saturated carbocycles. The van der Waals surface area contributed by atoms with E-state index in [0.717, 1.165) is 25.3 Å². The molecule has 2 aromatic rings. The van der Waals surface area contributed by atoms with Crippen LogP contribution in [0.5, 0.6) is 5.75 Å². The first kappa shape index (κ1) is 15.5. The number of benzene rings is 2. The number of likely N-dealkylation sites (N-methyl/N-ethyl adjacent to an activating group) is 1. The van der Waals surface area contributed by atoms with E-state index in [1.54, 1.807) is 0 Å². The Kier molecular flexibility index (Phi) is 6.25. The first-order chi connectivity index (χ1) is 10.3. The average Bonchev–Trinajstić information content (AvgIpc) is 2.50. The molecule has 0 aliphatic heterocycles. The molecule has 0 fully saturated rings. The van der Waals surface area contributed by atoms with E-state index in [-0.39, 0.29) is 0 Å². The first-order valence-electron chi connectivity index (χ1n) is 7.42. The SMILES string of the molecule is CN(CCOc1ccc(CCN)cc1)Cc1ccccc1. The fourth-order valence-electron chi connectivity index (χ4n) is 2.21. The van der Waals surface area contributed by atoms with Crippen LogP contribution in [0.1, 0.15) is 11.1 Å². The molecule has 3 heteroatoms. The topological polar surface area (TPSA) is 38.5 Å². The third-order valence-corrected chi connectivity index (χ3v) is 3.39. The van der Waals surface area contributed by atoms with Gasteiger partial charge in [0.1, 0.15) is 12.4 Å². The molecule has 0 amide bonds. The maximum atomic E-state index is 5.77. The van der Waals surface area contributed by atoms with Crippen LogP contribution in [0, 0.1) is 0 Å². The van der Waals surface area contributed by atoms with Crippen LogP contribution in [-0.2, 0) is 13.0 Å². The molecule has 0 atom stereocenters. The lowest BCUT2D eigenvalue weighted by Gasteiger charge is -2.17. The first-order valence-corrected chi connectivity index (χ1v) is 7.42. The molecule has 2 aromatic carbocycles. The third-order valence-electron chi connectivity index (χ3n) is 3.39. The zero-order valence-corrected chi connectivity index (χ0v) is 12.7. The third kappa shape index (κ3) is 5.58. The van der Waals surface area contributed by atoms with Crippen LogP contribution in [0.4, 0.5) is 0 Å². The molecule has 0 aliphatic rings. The Labute approximate surface area is 127 Å². The molecule has 2 N–H and O–H groups in total. The van der Waals surface area contributed by atoms with E-state index in [1.807, 2.05) is 18.2 Å². The molecule has 0 saturated heterocycles. The lowest BCUT2D eigenvalue weighted by atomic mass is 10.1. The van der Waals surface area contributed by atoms with Gasteiger partial charge in [0.05, 0.1) is 0 Å². The van der Waals surface area contributed by atoms with Crippen LogP contribution >= 0.6 is 0 Å². The Morgan fingerprint density at radius 3 is 2.33 bits per heavy atom. The van der Waals surface area contributed by atoms with Gasteiger partial charge in [-0.1, -0.05) is 42.5 Å². The minimum absolute atomic E-state index is 0.685. The Morgan fingerprint density at radius 2 is 1.67 bits per heavy atom. The van der Waals surface area contributed by atoms with Crippen LogP contribution in [0.2, 0.25) is 0 Å². The van der Waals surface area contributed by atoms with Gasteiger partial charge in [-0.3, -0.25) is 4.90 Å². The summed E-state index contributed by atoms with van der Waals surface area (Å²) in [5.41, 5.74) is 8.12. The summed E-state index contributed by atoms with van der Waals surface area (Å²) < 4.78 is 5.77. The van der Waals surface area contributed by atoms with E-state index in [4.69, 9.17) is 10.5 Å². The van der Waals surface area contributed by atoms with E-state index in [1.165, 1.54) is 11.1 Å². The predicted molar refractivity (Wildman–Crippen MR) is 87.5 cm³/mol. The summed E-state index contributed by atoms with van der Waals surface area (Å²) in [6.45, 7) is 3.23. The number of hydrogen-bond acceptors (Lipinski definition) is 3. The predicted octanol–water partition coefficient (Wildman–Crippen LogP) is 2.70. The van der Waals surface area contributed by atoms with E-state index >= 15 is 0 Å². The highest BCUT2D eigenvalue weighted by atomic mass is 16.5. The number of hydrogen-bond donors (Lipinski definition) is 1. The summed E-state index contributed by atoms with van der Waals surface area (Å²) >= 11 is 0. The number of rotatable bonds is 8. The number of nitrogens with two attached hydrogens (primary N) is 1. The lowest BCUT2D eigenvalue weighted by Crippen LogP contribution is -2.23. The Morgan fingerprint density at radius 1 is 0.952 bits per heavy atom. The molecule has 2 rings (SSSR count). The summed E-state index contributed by atoms with van der Waals surface area (Å²) in [4.78, 5) is 2.26. The van der Waals surface area contributed by atoms with Crippen LogP contribution < -0.4 is 10.5 Å². The highest BCUT2D eigenvalue weighted by Gasteiger charge is 2.01. The Hall–Kier alpha value is -1.84. The highest BCUT2D eigenvalue weighted by Crippen LogP contribution is 2.12. The van der Waals surface area contributed by atoms with Gasteiger partial charge in [-0.25, -0.2) is 0 Å². The highest BCUT2D eigenvalue weighted by molar-refractivity contribution is 5.27. The molecule has 0 aliphatic carbocycles. The van der Waals surface area contributed by atoms with Gasteiger partial charge in [0.2, 0.25) is 0 Å². The monoisotopic (exact) mass is 284 g/mol. The standard InChI is InChI=1S/C18H24N2O/c1-20(15-17-5-3-2-4-6-17)13-14-21-18-9-7-16(8-10-18)11-12-19/h2-10H,11-15,19H2,1H3. The van der Waals surface area contributed by atoms with E-state index in [0.29, 0.717) is 13.2 Å². The quantitative estimate of drug-likeness (QED) is 0.810. The van der Waals surface area contributed by atoms with Gasteiger partial charge in [0, 0.05) is 13.1 Å². The van der Waals surface area contributed by atoms with Crippen molar-refractivity contribution in [1.82, 2.24) is 4.90 Å². The van der Waals surface area contributed by atoms with Gasteiger partial charge in [-0.2, -0.15) is 0 Å². The summed E-state index contributed by atoms with van der Waals surface area (Å²) in [6, 6.07) is 18.7. The fourth-order valence-corrected chi connectivity index (χ4v) is 2.21. The molecular formula is C18H24N2O. The maximum Gasteiger partial charge on any atom is 0.119 e. The average molecular weight is 284 g/mol. The molecule has 0 bridgehead atoms. The molecule has 0 unspecified atom stereocenters. The van der Waals surface area contributed by atoms with Gasteiger partial charge in [-0.05, 0) is 43.3 Å². The Bertz CT molecular complexity index is 511. The van der Waals surface area contributed by atoms with E-state index in [9.17, 15) is 0 Å². The molecule has 0 aromatic heterocycles. The van der Waals surface area contributed by atoms with Gasteiger partial charge in [-0.15, -0.1) is 0 Å². The largest absolute Gasteiger partial charge is 0.492 e. The second-order valence-corrected chi connectivity index (χ2v) is 5.25. The van der Waals surface area contributed by atoms with Crippen molar-refractivity contribution in [2.24, 2.45) is 5.73 Å². The summed E-state index contributed by atoms with van der Waals surface area (Å²) in [6.07, 6.45) is 0.917. The second-order valence-electron chi connectivity index (χ2n) is 5.25. The van der Waals surface area contributed by atoms with Crippen molar-refractivity contribution in [1.29, 1.82) is 0 Å². The normalized spacial score (nSPS) is 10.8. The summed E-state index contributed by atoms with van der Waals surface area (Å²) in [5, 5.41) is 0. The van der Waals surface area contributed by atoms with Gasteiger partial charge in [0.25, 0.3) is 0 Å². The summed E-state index contributed by atoms with van der Waals surface area (Å²) in [5.74, 6) is 0.920. The zero-order chi connectivity index (χ0) is 14.9. The van der Waals surface area contributed by atoms with Crippen LogP contribution in [-0.4, -0.2) is 31.6 Å². The van der Waals surface area contributed by atoms with Gasteiger partial charge in [0.15, 0.2) is 0 Å². The van der Waals surface area contributed by atoms with Crippen molar-refractivity contribution in [3.8, 4) is 5.75 Å². The van der Waals surface area contributed by atoms with Gasteiger partial charge < -0.3 is 10.5 Å². The molecule has 0 radical (unpaired) electrons. The van der Waals surface area contributed by atoms with Crippen molar-refractivity contribution >= 4 is 0 Å². The number of nitrogens with zero attached hydrogens (tertiary/aromatic N) is 1. The van der Waals surface area contributed by atoms with Crippen molar-refractivity contribution in [2.75, 3.05) is 26.7 Å². The molecular weight excluding hydrogens is 260 g/mol. The van der Waals surface area contributed by atoms with Crippen molar-refractivity contribution in [2.45, 2.75) is 13.0 Å². The van der Waals surface area contributed by atoms with Crippen molar-refractivity contribution in [3.05, 3.63) is 65.7 Å². The second kappa shape index (κ2) is 8.45. The summed E-state index contributed by atoms with van der Waals surface area (Å²) in [7, 11) is 2.11. The number of ether oxygens (including phenoxy) is 1. The smallest absolute Gasteiger partial charge is 0.119 e. The lowest BCUT2D eigenvalue weighted by molar-refractivity contribution is 0.233.